The second-order valence-electron chi connectivity index (χ2n) is 8.30. The van der Waals surface area contributed by atoms with Gasteiger partial charge in [-0.25, -0.2) is 8.78 Å². The molecule has 0 saturated carbocycles. The third-order valence-electron chi connectivity index (χ3n) is 5.81. The standard InChI is InChI=1S/C24H31F2NO5/c25-24(26,16-27-13-21(29)23(31)22(30)20(27)14-28)11-4-12-32-15-17-7-9-19(10-8-17)18-5-2-1-3-6-18/h1-3,5-10,20-23,28-31H,4,11-16H2/t20?,21-,22+,23?/m0/s1. The molecular weight excluding hydrogens is 420 g/mol. The summed E-state index contributed by atoms with van der Waals surface area (Å²) < 4.78 is 34.4. The molecule has 0 bridgehead atoms. The molecule has 0 amide bonds. The lowest BCUT2D eigenvalue weighted by Crippen LogP contribution is -2.64. The van der Waals surface area contributed by atoms with Crippen molar-refractivity contribution in [3.63, 3.8) is 0 Å². The average Bonchev–Trinajstić information content (AvgIpc) is 2.78. The van der Waals surface area contributed by atoms with Crippen molar-refractivity contribution >= 4 is 0 Å². The average molecular weight is 452 g/mol. The minimum Gasteiger partial charge on any atom is -0.395 e. The van der Waals surface area contributed by atoms with E-state index in [1.807, 2.05) is 54.6 Å². The van der Waals surface area contributed by atoms with E-state index < -0.39 is 49.8 Å². The molecule has 3 rings (SSSR count). The van der Waals surface area contributed by atoms with Gasteiger partial charge in [-0.15, -0.1) is 0 Å². The monoisotopic (exact) mass is 451 g/mol. The summed E-state index contributed by atoms with van der Waals surface area (Å²) in [5.41, 5.74) is 3.17. The molecule has 0 radical (unpaired) electrons. The van der Waals surface area contributed by atoms with Crippen molar-refractivity contribution in [1.29, 1.82) is 0 Å². The molecule has 6 nitrogen and oxygen atoms in total. The van der Waals surface area contributed by atoms with Crippen LogP contribution < -0.4 is 0 Å². The number of benzene rings is 2. The third kappa shape index (κ3) is 6.54. The molecule has 1 heterocycles. The van der Waals surface area contributed by atoms with Gasteiger partial charge >= 0.3 is 0 Å². The summed E-state index contributed by atoms with van der Waals surface area (Å²) in [6, 6.07) is 16.8. The number of piperidine rings is 1. The molecule has 1 saturated heterocycles. The van der Waals surface area contributed by atoms with Gasteiger partial charge in [-0.3, -0.25) is 4.90 Å². The van der Waals surface area contributed by atoms with Gasteiger partial charge in [0.1, 0.15) is 12.2 Å². The van der Waals surface area contributed by atoms with E-state index in [1.165, 1.54) is 0 Å². The third-order valence-corrected chi connectivity index (χ3v) is 5.81. The van der Waals surface area contributed by atoms with E-state index >= 15 is 0 Å². The number of β-amino-alcohol motifs (C(OH)–C–C–N with tert-alkyl or cyclic N) is 1. The zero-order valence-electron chi connectivity index (χ0n) is 17.9. The molecule has 32 heavy (non-hydrogen) atoms. The lowest BCUT2D eigenvalue weighted by atomic mass is 9.93. The van der Waals surface area contributed by atoms with Gasteiger partial charge in [-0.1, -0.05) is 54.6 Å². The second kappa shape index (κ2) is 11.3. The van der Waals surface area contributed by atoms with Crippen LogP contribution in [0.5, 0.6) is 0 Å². The summed E-state index contributed by atoms with van der Waals surface area (Å²) >= 11 is 0. The number of hydrogen-bond donors (Lipinski definition) is 4. The van der Waals surface area contributed by atoms with Gasteiger partial charge in [0.05, 0.1) is 31.9 Å². The number of likely N-dealkylation sites (tertiary alicyclic amines) is 1. The van der Waals surface area contributed by atoms with Crippen LogP contribution in [0.1, 0.15) is 18.4 Å². The smallest absolute Gasteiger partial charge is 0.260 e. The Kier molecular flexibility index (Phi) is 8.70. The van der Waals surface area contributed by atoms with Gasteiger partial charge in [-0.05, 0) is 23.1 Å². The lowest BCUT2D eigenvalue weighted by Gasteiger charge is -2.44. The predicted molar refractivity (Wildman–Crippen MR) is 116 cm³/mol. The van der Waals surface area contributed by atoms with Crippen LogP contribution in [0.15, 0.2) is 54.6 Å². The maximum atomic E-state index is 14.4. The molecule has 0 aliphatic carbocycles. The fraction of sp³-hybridized carbons (Fsp3) is 0.500. The Bertz CT molecular complexity index is 821. The van der Waals surface area contributed by atoms with E-state index in [2.05, 4.69) is 0 Å². The molecule has 176 valence electrons. The highest BCUT2D eigenvalue weighted by molar-refractivity contribution is 5.63. The van der Waals surface area contributed by atoms with Gasteiger partial charge in [0.15, 0.2) is 0 Å². The fourth-order valence-electron chi connectivity index (χ4n) is 3.98. The molecular formula is C24H31F2NO5. The Morgan fingerprint density at radius 3 is 2.25 bits per heavy atom. The highest BCUT2D eigenvalue weighted by atomic mass is 19.3. The quantitative estimate of drug-likeness (QED) is 0.413. The van der Waals surface area contributed by atoms with Gasteiger partial charge < -0.3 is 25.2 Å². The normalized spacial score (nSPS) is 24.6. The lowest BCUT2D eigenvalue weighted by molar-refractivity contribution is -0.163. The summed E-state index contributed by atoms with van der Waals surface area (Å²) in [5.74, 6) is -3.09. The number of rotatable bonds is 10. The molecule has 2 unspecified atom stereocenters. The highest BCUT2D eigenvalue weighted by Crippen LogP contribution is 2.27. The van der Waals surface area contributed by atoms with Gasteiger partial charge in [0, 0.05) is 19.6 Å². The molecule has 1 fully saturated rings. The number of halogens is 2. The van der Waals surface area contributed by atoms with Gasteiger partial charge in [0.25, 0.3) is 5.92 Å². The first-order valence-corrected chi connectivity index (χ1v) is 10.8. The maximum absolute atomic E-state index is 14.4. The molecule has 2 aromatic carbocycles. The summed E-state index contributed by atoms with van der Waals surface area (Å²) in [5, 5.41) is 38.8. The Morgan fingerprint density at radius 2 is 1.59 bits per heavy atom. The van der Waals surface area contributed by atoms with E-state index in [0.717, 1.165) is 21.6 Å². The van der Waals surface area contributed by atoms with E-state index in [0.29, 0.717) is 6.61 Å². The van der Waals surface area contributed by atoms with E-state index in [4.69, 9.17) is 4.74 Å². The zero-order valence-corrected chi connectivity index (χ0v) is 17.9. The molecule has 0 spiro atoms. The van der Waals surface area contributed by atoms with Crippen LogP contribution >= 0.6 is 0 Å². The fourth-order valence-corrected chi connectivity index (χ4v) is 3.98. The first-order valence-electron chi connectivity index (χ1n) is 10.8. The van der Waals surface area contributed by atoms with Crippen LogP contribution in [0, 0.1) is 0 Å². The van der Waals surface area contributed by atoms with Crippen LogP contribution in [0.4, 0.5) is 8.78 Å². The predicted octanol–water partition coefficient (Wildman–Crippen LogP) is 2.04. The van der Waals surface area contributed by atoms with Crippen molar-refractivity contribution in [2.75, 3.05) is 26.3 Å². The van der Waals surface area contributed by atoms with E-state index in [9.17, 15) is 29.2 Å². The second-order valence-corrected chi connectivity index (χ2v) is 8.30. The van der Waals surface area contributed by atoms with Crippen molar-refractivity contribution in [2.45, 2.75) is 49.7 Å². The highest BCUT2D eigenvalue weighted by Gasteiger charge is 2.44. The van der Waals surface area contributed by atoms with Gasteiger partial charge in [0.2, 0.25) is 0 Å². The molecule has 8 heteroatoms. The molecule has 4 N–H and O–H groups in total. The molecule has 1 aliphatic heterocycles. The van der Waals surface area contributed by atoms with Crippen molar-refractivity contribution in [2.24, 2.45) is 0 Å². The number of aliphatic hydroxyl groups excluding tert-OH is 4. The van der Waals surface area contributed by atoms with Crippen LogP contribution in [0.25, 0.3) is 11.1 Å². The Hall–Kier alpha value is -1.94. The van der Waals surface area contributed by atoms with Crippen molar-refractivity contribution in [1.82, 2.24) is 4.90 Å². The minimum absolute atomic E-state index is 0.139. The number of alkyl halides is 2. The number of nitrogens with zero attached hydrogens (tertiary/aromatic N) is 1. The van der Waals surface area contributed by atoms with Crippen LogP contribution in [0.2, 0.25) is 0 Å². The summed E-state index contributed by atoms with van der Waals surface area (Å²) in [6.45, 7) is -1.05. The van der Waals surface area contributed by atoms with Crippen molar-refractivity contribution < 1.29 is 33.9 Å². The molecule has 1 aliphatic rings. The maximum Gasteiger partial charge on any atom is 0.260 e. The van der Waals surface area contributed by atoms with E-state index in [1.54, 1.807) is 0 Å². The van der Waals surface area contributed by atoms with Crippen molar-refractivity contribution in [3.8, 4) is 11.1 Å². The van der Waals surface area contributed by atoms with E-state index in [-0.39, 0.29) is 19.6 Å². The van der Waals surface area contributed by atoms with Crippen LogP contribution in [-0.4, -0.2) is 81.9 Å². The topological polar surface area (TPSA) is 93.4 Å². The first-order chi connectivity index (χ1) is 15.3. The summed E-state index contributed by atoms with van der Waals surface area (Å²) in [6.07, 6.45) is -4.59. The number of hydrogen-bond acceptors (Lipinski definition) is 6. The first kappa shape index (κ1) is 24.7. The number of ether oxygens (including phenoxy) is 1. The largest absolute Gasteiger partial charge is 0.395 e. The van der Waals surface area contributed by atoms with Crippen LogP contribution in [0.3, 0.4) is 0 Å². The van der Waals surface area contributed by atoms with Crippen molar-refractivity contribution in [3.05, 3.63) is 60.2 Å². The Morgan fingerprint density at radius 1 is 0.938 bits per heavy atom. The van der Waals surface area contributed by atoms with Crippen LogP contribution in [-0.2, 0) is 11.3 Å². The Labute approximate surface area is 186 Å². The number of aliphatic hydroxyl groups is 4. The SMILES string of the molecule is OCC1[C@@H](O)C(O)[C@@H](O)CN1CC(F)(F)CCCOCc1ccc(-c2ccccc2)cc1. The Balaban J connectivity index is 1.41. The molecule has 4 atom stereocenters. The van der Waals surface area contributed by atoms with Gasteiger partial charge in [-0.2, -0.15) is 0 Å². The zero-order chi connectivity index (χ0) is 23.1. The summed E-state index contributed by atoms with van der Waals surface area (Å²) in [4.78, 5) is 1.14. The molecule has 0 aromatic heterocycles. The summed E-state index contributed by atoms with van der Waals surface area (Å²) in [7, 11) is 0. The minimum atomic E-state index is -3.09. The molecule has 2 aromatic rings.